The number of nitrogens with zero attached hydrogens (tertiary/aromatic N) is 3. The topological polar surface area (TPSA) is 52.6 Å². The maximum Gasteiger partial charge on any atom is 0.191 e. The van der Waals surface area contributed by atoms with E-state index >= 15 is 0 Å². The lowest BCUT2D eigenvalue weighted by Gasteiger charge is -2.33. The highest BCUT2D eigenvalue weighted by molar-refractivity contribution is 14.0. The van der Waals surface area contributed by atoms with Gasteiger partial charge in [0.05, 0.1) is 5.01 Å². The van der Waals surface area contributed by atoms with Gasteiger partial charge in [0, 0.05) is 61.3 Å². The summed E-state index contributed by atoms with van der Waals surface area (Å²) >= 11 is 7.79. The first-order valence-corrected chi connectivity index (χ1v) is 11.8. The Morgan fingerprint density at radius 2 is 1.97 bits per heavy atom. The lowest BCUT2D eigenvalue weighted by molar-refractivity contribution is 0.198. The van der Waals surface area contributed by atoms with Crippen LogP contribution in [0.4, 0.5) is 0 Å². The second-order valence-corrected chi connectivity index (χ2v) is 9.04. The number of nitrogens with one attached hydrogen (secondary N) is 2. The zero-order chi connectivity index (χ0) is 20.5. The van der Waals surface area contributed by atoms with Gasteiger partial charge < -0.3 is 10.6 Å². The quantitative estimate of drug-likeness (QED) is 0.278. The van der Waals surface area contributed by atoms with Crippen molar-refractivity contribution in [3.8, 4) is 0 Å². The molecule has 1 aliphatic rings. The van der Waals surface area contributed by atoms with Gasteiger partial charge in [-0.05, 0) is 43.9 Å². The summed E-state index contributed by atoms with van der Waals surface area (Å²) in [5.74, 6) is 0.927. The van der Waals surface area contributed by atoms with Gasteiger partial charge in [-0.3, -0.25) is 9.89 Å². The third-order valence-corrected chi connectivity index (χ3v) is 6.59. The summed E-state index contributed by atoms with van der Waals surface area (Å²) in [7, 11) is 0. The number of benzene rings is 1. The number of likely N-dealkylation sites (tertiary alicyclic amines) is 1. The molecule has 5 nitrogen and oxygen atoms in total. The Hall–Kier alpha value is -0.900. The van der Waals surface area contributed by atoms with E-state index in [1.54, 1.807) is 11.3 Å². The molecule has 0 spiro atoms. The molecule has 1 aromatic carbocycles. The zero-order valence-electron chi connectivity index (χ0n) is 17.9. The van der Waals surface area contributed by atoms with Gasteiger partial charge in [0.1, 0.15) is 0 Å². The molecule has 8 heteroatoms. The van der Waals surface area contributed by atoms with Gasteiger partial charge in [-0.2, -0.15) is 0 Å². The number of hydrogen-bond donors (Lipinski definition) is 2. The molecule has 1 aromatic heterocycles. The first-order valence-electron chi connectivity index (χ1n) is 10.6. The van der Waals surface area contributed by atoms with Crippen molar-refractivity contribution in [2.45, 2.75) is 52.1 Å². The second-order valence-electron chi connectivity index (χ2n) is 7.41. The lowest BCUT2D eigenvalue weighted by atomic mass is 10.0. The predicted octanol–water partition coefficient (Wildman–Crippen LogP) is 4.74. The Bertz CT molecular complexity index is 772. The number of aliphatic imine (C=N–C) groups is 1. The van der Waals surface area contributed by atoms with Crippen molar-refractivity contribution in [3.05, 3.63) is 50.9 Å². The number of aryl methyl sites for hydroxylation is 1. The average Bonchev–Trinajstić information content (AvgIpc) is 3.19. The van der Waals surface area contributed by atoms with Crippen molar-refractivity contribution in [3.63, 3.8) is 0 Å². The highest BCUT2D eigenvalue weighted by Crippen LogP contribution is 2.16. The van der Waals surface area contributed by atoms with Crippen LogP contribution in [-0.4, -0.2) is 48.1 Å². The van der Waals surface area contributed by atoms with Crippen molar-refractivity contribution < 1.29 is 0 Å². The van der Waals surface area contributed by atoms with E-state index in [1.165, 1.54) is 15.4 Å². The van der Waals surface area contributed by atoms with Gasteiger partial charge in [-0.15, -0.1) is 35.3 Å². The van der Waals surface area contributed by atoms with Crippen LogP contribution in [0.1, 0.15) is 42.1 Å². The fourth-order valence-corrected chi connectivity index (χ4v) is 4.46. The molecule has 166 valence electrons. The Labute approximate surface area is 206 Å². The van der Waals surface area contributed by atoms with Crippen molar-refractivity contribution in [1.82, 2.24) is 20.5 Å². The highest BCUT2D eigenvalue weighted by atomic mass is 127. The van der Waals surface area contributed by atoms with E-state index in [2.05, 4.69) is 46.5 Å². The third-order valence-electron chi connectivity index (χ3n) is 5.14. The van der Waals surface area contributed by atoms with Gasteiger partial charge >= 0.3 is 0 Å². The highest BCUT2D eigenvalue weighted by Gasteiger charge is 2.20. The minimum absolute atomic E-state index is 0. The van der Waals surface area contributed by atoms with E-state index in [0.717, 1.165) is 69.4 Å². The molecule has 2 heterocycles. The van der Waals surface area contributed by atoms with Crippen LogP contribution in [0.3, 0.4) is 0 Å². The van der Waals surface area contributed by atoms with E-state index in [9.17, 15) is 0 Å². The van der Waals surface area contributed by atoms with Gasteiger partial charge in [-0.1, -0.05) is 30.7 Å². The maximum atomic E-state index is 5.98. The molecule has 30 heavy (non-hydrogen) atoms. The van der Waals surface area contributed by atoms with Crippen molar-refractivity contribution in [2.75, 3.05) is 26.2 Å². The fourth-order valence-electron chi connectivity index (χ4n) is 3.49. The number of guanidine groups is 1. The maximum absolute atomic E-state index is 5.98. The Morgan fingerprint density at radius 3 is 2.60 bits per heavy atom. The molecule has 0 saturated carbocycles. The lowest BCUT2D eigenvalue weighted by Crippen LogP contribution is -2.48. The summed E-state index contributed by atoms with van der Waals surface area (Å²) in [6.07, 6.45) is 6.21. The van der Waals surface area contributed by atoms with Crippen LogP contribution in [0, 0.1) is 0 Å². The average molecular weight is 562 g/mol. The van der Waals surface area contributed by atoms with E-state index in [1.807, 2.05) is 18.3 Å². The monoisotopic (exact) mass is 561 g/mol. The number of thiazole rings is 1. The molecule has 0 bridgehead atoms. The molecule has 2 aromatic rings. The Kier molecular flexibility index (Phi) is 11.4. The Morgan fingerprint density at radius 1 is 1.23 bits per heavy atom. The van der Waals surface area contributed by atoms with Crippen LogP contribution < -0.4 is 10.6 Å². The molecule has 1 saturated heterocycles. The van der Waals surface area contributed by atoms with E-state index in [-0.39, 0.29) is 24.0 Å². The van der Waals surface area contributed by atoms with Gasteiger partial charge in [-0.25, -0.2) is 4.98 Å². The van der Waals surface area contributed by atoms with E-state index < -0.39 is 0 Å². The van der Waals surface area contributed by atoms with Crippen molar-refractivity contribution in [2.24, 2.45) is 4.99 Å². The first kappa shape index (κ1) is 25.4. The minimum atomic E-state index is 0. The third kappa shape index (κ3) is 8.32. The van der Waals surface area contributed by atoms with Gasteiger partial charge in [0.15, 0.2) is 5.96 Å². The molecule has 0 amide bonds. The molecule has 0 atom stereocenters. The minimum Gasteiger partial charge on any atom is -0.357 e. The zero-order valence-corrected chi connectivity index (χ0v) is 21.8. The molecule has 0 radical (unpaired) electrons. The van der Waals surface area contributed by atoms with Crippen LogP contribution in [-0.2, 0) is 19.4 Å². The number of halogens is 2. The molecular formula is C22H33ClIN5S. The summed E-state index contributed by atoms with van der Waals surface area (Å²) in [5.41, 5.74) is 1.32. The molecular weight excluding hydrogens is 529 g/mol. The second kappa shape index (κ2) is 13.5. The smallest absolute Gasteiger partial charge is 0.191 e. The number of aromatic nitrogens is 1. The van der Waals surface area contributed by atoms with Crippen molar-refractivity contribution >= 4 is 52.9 Å². The van der Waals surface area contributed by atoms with Gasteiger partial charge in [0.2, 0.25) is 0 Å². The Balaban J connectivity index is 0.00000320. The predicted molar refractivity (Wildman–Crippen MR) is 139 cm³/mol. The summed E-state index contributed by atoms with van der Waals surface area (Å²) in [4.78, 5) is 13.1. The van der Waals surface area contributed by atoms with Crippen LogP contribution in [0.15, 0.2) is 35.5 Å². The van der Waals surface area contributed by atoms with E-state index in [4.69, 9.17) is 16.6 Å². The first-order chi connectivity index (χ1) is 14.2. The van der Waals surface area contributed by atoms with E-state index in [0.29, 0.717) is 6.04 Å². The molecule has 1 aliphatic heterocycles. The van der Waals surface area contributed by atoms with Crippen LogP contribution >= 0.6 is 46.9 Å². The normalized spacial score (nSPS) is 15.6. The molecule has 2 N–H and O–H groups in total. The fraction of sp³-hybridized carbons (Fsp3) is 0.545. The van der Waals surface area contributed by atoms with Crippen LogP contribution in [0.25, 0.3) is 0 Å². The summed E-state index contributed by atoms with van der Waals surface area (Å²) in [6.45, 7) is 9.10. The molecule has 0 aliphatic carbocycles. The summed E-state index contributed by atoms with van der Waals surface area (Å²) < 4.78 is 0. The molecule has 3 rings (SSSR count). The number of hydrogen-bond acceptors (Lipinski definition) is 4. The van der Waals surface area contributed by atoms with Crippen LogP contribution in [0.5, 0.6) is 0 Å². The van der Waals surface area contributed by atoms with Crippen molar-refractivity contribution in [1.29, 1.82) is 0 Å². The standard InChI is InChI=1S/C22H32ClN5S.HI/c1-3-20-15-26-21(29-20)9-12-25-22(24-4-2)27-19-10-13-28(14-11-19)16-17-5-7-18(23)8-6-17;/h5-8,15,19H,3-4,9-14,16H2,1-2H3,(H2,24,25,27);1H. The van der Waals surface area contributed by atoms with Gasteiger partial charge in [0.25, 0.3) is 0 Å². The number of rotatable bonds is 8. The number of piperidine rings is 1. The molecule has 1 fully saturated rings. The molecule has 0 unspecified atom stereocenters. The SMILES string of the molecule is CCNC(=NCCc1ncc(CC)s1)NC1CCN(Cc2ccc(Cl)cc2)CC1.I. The summed E-state index contributed by atoms with van der Waals surface area (Å²) in [5, 5.41) is 8.99. The summed E-state index contributed by atoms with van der Waals surface area (Å²) in [6, 6.07) is 8.65. The van der Waals surface area contributed by atoms with Crippen LogP contribution in [0.2, 0.25) is 5.02 Å². The largest absolute Gasteiger partial charge is 0.357 e.